The van der Waals surface area contributed by atoms with Crippen LogP contribution in [0.15, 0.2) is 53.4 Å². The third kappa shape index (κ3) is 5.08. The lowest BCUT2D eigenvalue weighted by Gasteiger charge is -2.12. The molecule has 5 nitrogen and oxygen atoms in total. The van der Waals surface area contributed by atoms with E-state index in [-0.39, 0.29) is 16.8 Å². The molecule has 2 aromatic rings. The number of anilines is 1. The van der Waals surface area contributed by atoms with Crippen molar-refractivity contribution < 1.29 is 13.2 Å². The molecule has 0 aliphatic rings. The molecule has 0 bridgehead atoms. The summed E-state index contributed by atoms with van der Waals surface area (Å²) in [6, 6.07) is 13.3. The summed E-state index contributed by atoms with van der Waals surface area (Å²) in [5.74, 6) is 0.176. The Balaban J connectivity index is 2.12. The molecule has 1 unspecified atom stereocenters. The van der Waals surface area contributed by atoms with E-state index in [4.69, 9.17) is 0 Å². The number of carbonyl (C=O) groups excluding carboxylic acids is 1. The monoisotopic (exact) mass is 374 g/mol. The normalized spacial score (nSPS) is 12.7. The van der Waals surface area contributed by atoms with Crippen LogP contribution in [-0.2, 0) is 10.0 Å². The van der Waals surface area contributed by atoms with E-state index < -0.39 is 10.0 Å². The highest BCUT2D eigenvalue weighted by Crippen LogP contribution is 2.20. The Morgan fingerprint density at radius 3 is 2.04 bits per heavy atom. The molecule has 2 N–H and O–H groups in total. The van der Waals surface area contributed by atoms with Crippen molar-refractivity contribution in [2.24, 2.45) is 0 Å². The van der Waals surface area contributed by atoms with Gasteiger partial charge in [-0.3, -0.25) is 9.52 Å². The van der Waals surface area contributed by atoms with E-state index in [1.54, 1.807) is 12.1 Å². The predicted octanol–water partition coefficient (Wildman–Crippen LogP) is 4.14. The van der Waals surface area contributed by atoms with Crippen molar-refractivity contribution >= 4 is 21.6 Å². The maximum atomic E-state index is 12.5. The van der Waals surface area contributed by atoms with Gasteiger partial charge in [0, 0.05) is 17.3 Å². The molecule has 0 fully saturated rings. The number of rotatable bonds is 7. The van der Waals surface area contributed by atoms with Crippen LogP contribution < -0.4 is 10.0 Å². The first-order valence-corrected chi connectivity index (χ1v) is 10.2. The van der Waals surface area contributed by atoms with Gasteiger partial charge in [0.2, 0.25) is 0 Å². The van der Waals surface area contributed by atoms with Crippen molar-refractivity contribution in [2.45, 2.75) is 51.0 Å². The second-order valence-corrected chi connectivity index (χ2v) is 8.37. The molecule has 1 amide bonds. The molecule has 140 valence electrons. The summed E-state index contributed by atoms with van der Waals surface area (Å²) in [6.07, 6.45) is 0.831. The molecular weight excluding hydrogens is 348 g/mol. The van der Waals surface area contributed by atoms with Crippen LogP contribution in [-0.4, -0.2) is 20.4 Å². The van der Waals surface area contributed by atoms with Crippen LogP contribution in [0, 0.1) is 0 Å². The molecule has 0 aliphatic carbocycles. The minimum atomic E-state index is -3.70. The van der Waals surface area contributed by atoms with Crippen molar-refractivity contribution in [2.75, 3.05) is 4.72 Å². The average Bonchev–Trinajstić information content (AvgIpc) is 2.61. The number of nitrogens with one attached hydrogen (secondary N) is 2. The van der Waals surface area contributed by atoms with E-state index in [9.17, 15) is 13.2 Å². The summed E-state index contributed by atoms with van der Waals surface area (Å²) in [7, 11) is -3.70. The van der Waals surface area contributed by atoms with Crippen LogP contribution >= 0.6 is 0 Å². The zero-order chi connectivity index (χ0) is 19.3. The molecule has 0 saturated carbocycles. The summed E-state index contributed by atoms with van der Waals surface area (Å²) in [4.78, 5) is 12.2. The zero-order valence-electron chi connectivity index (χ0n) is 15.6. The molecule has 2 aromatic carbocycles. The van der Waals surface area contributed by atoms with Crippen molar-refractivity contribution in [3.05, 3.63) is 59.7 Å². The van der Waals surface area contributed by atoms with Crippen molar-refractivity contribution in [1.29, 1.82) is 0 Å². The van der Waals surface area contributed by atoms with Crippen LogP contribution in [0.4, 0.5) is 5.69 Å². The Kier molecular flexibility index (Phi) is 6.42. The minimum absolute atomic E-state index is 0.0707. The van der Waals surface area contributed by atoms with Crippen LogP contribution in [0.2, 0.25) is 0 Å². The van der Waals surface area contributed by atoms with Gasteiger partial charge in [-0.25, -0.2) is 8.42 Å². The quantitative estimate of drug-likeness (QED) is 0.765. The van der Waals surface area contributed by atoms with Crippen molar-refractivity contribution in [1.82, 2.24) is 5.32 Å². The van der Waals surface area contributed by atoms with Crippen LogP contribution in [0.5, 0.6) is 0 Å². The Morgan fingerprint density at radius 1 is 0.962 bits per heavy atom. The van der Waals surface area contributed by atoms with Gasteiger partial charge in [-0.05, 0) is 61.2 Å². The van der Waals surface area contributed by atoms with Gasteiger partial charge in [0.15, 0.2) is 0 Å². The molecule has 0 spiro atoms. The predicted molar refractivity (Wildman–Crippen MR) is 105 cm³/mol. The molecule has 0 saturated heterocycles. The van der Waals surface area contributed by atoms with Gasteiger partial charge >= 0.3 is 0 Å². The molecule has 1 atom stereocenters. The average molecular weight is 375 g/mol. The van der Waals surface area contributed by atoms with Gasteiger partial charge in [0.05, 0.1) is 4.90 Å². The summed E-state index contributed by atoms with van der Waals surface area (Å²) in [6.45, 7) is 8.07. The molecule has 0 aromatic heterocycles. The lowest BCUT2D eigenvalue weighted by atomic mass is 10.0. The minimum Gasteiger partial charge on any atom is -0.350 e. The Morgan fingerprint density at radius 2 is 1.54 bits per heavy atom. The van der Waals surface area contributed by atoms with Gasteiger partial charge in [-0.1, -0.05) is 32.9 Å². The Hall–Kier alpha value is -2.34. The lowest BCUT2D eigenvalue weighted by molar-refractivity contribution is 0.0939. The molecular formula is C20H26N2O3S. The van der Waals surface area contributed by atoms with Crippen molar-refractivity contribution in [3.8, 4) is 0 Å². The Bertz CT molecular complexity index is 842. The third-order valence-corrected chi connectivity index (χ3v) is 5.64. The van der Waals surface area contributed by atoms with Gasteiger partial charge in [0.25, 0.3) is 15.9 Å². The van der Waals surface area contributed by atoms with Crippen LogP contribution in [0.1, 0.15) is 56.0 Å². The first-order chi connectivity index (χ1) is 12.2. The Labute approximate surface area is 155 Å². The van der Waals surface area contributed by atoms with E-state index in [0.29, 0.717) is 17.2 Å². The highest BCUT2D eigenvalue weighted by atomic mass is 32.2. The van der Waals surface area contributed by atoms with Crippen molar-refractivity contribution in [3.63, 3.8) is 0 Å². The number of hydrogen-bond acceptors (Lipinski definition) is 3. The summed E-state index contributed by atoms with van der Waals surface area (Å²) >= 11 is 0. The number of benzene rings is 2. The zero-order valence-corrected chi connectivity index (χ0v) is 16.4. The highest BCUT2D eigenvalue weighted by Gasteiger charge is 2.16. The standard InChI is InChI=1S/C20H26N2O3S/c1-5-15(4)21-20(23)17-8-12-19(13-9-17)26(24,25)22-18-10-6-16(7-11-18)14(2)3/h6-15,22H,5H2,1-4H3,(H,21,23). The number of hydrogen-bond donors (Lipinski definition) is 2. The second kappa shape index (κ2) is 8.36. The summed E-state index contributed by atoms with van der Waals surface area (Å²) < 4.78 is 27.6. The maximum absolute atomic E-state index is 12.5. The molecule has 0 heterocycles. The molecule has 2 rings (SSSR count). The van der Waals surface area contributed by atoms with E-state index in [2.05, 4.69) is 23.9 Å². The molecule has 0 radical (unpaired) electrons. The number of carbonyl (C=O) groups is 1. The SMILES string of the molecule is CCC(C)NC(=O)c1ccc(S(=O)(=O)Nc2ccc(C(C)C)cc2)cc1. The van der Waals surface area contributed by atoms with E-state index in [1.165, 1.54) is 24.3 Å². The smallest absolute Gasteiger partial charge is 0.261 e. The first kappa shape index (κ1) is 20.0. The lowest BCUT2D eigenvalue weighted by Crippen LogP contribution is -2.31. The first-order valence-electron chi connectivity index (χ1n) is 8.76. The maximum Gasteiger partial charge on any atom is 0.261 e. The largest absolute Gasteiger partial charge is 0.350 e. The van der Waals surface area contributed by atoms with E-state index >= 15 is 0 Å². The molecule has 0 aliphatic heterocycles. The van der Waals surface area contributed by atoms with Gasteiger partial charge in [-0.2, -0.15) is 0 Å². The molecule has 26 heavy (non-hydrogen) atoms. The fraction of sp³-hybridized carbons (Fsp3) is 0.350. The van der Waals surface area contributed by atoms with Gasteiger partial charge < -0.3 is 5.32 Å². The van der Waals surface area contributed by atoms with Gasteiger partial charge in [0.1, 0.15) is 0 Å². The topological polar surface area (TPSA) is 75.3 Å². The summed E-state index contributed by atoms with van der Waals surface area (Å²) in [5, 5.41) is 2.85. The van der Waals surface area contributed by atoms with Crippen LogP contribution in [0.3, 0.4) is 0 Å². The third-order valence-electron chi connectivity index (χ3n) is 4.25. The summed E-state index contributed by atoms with van der Waals surface area (Å²) in [5.41, 5.74) is 2.09. The fourth-order valence-electron chi connectivity index (χ4n) is 2.34. The van der Waals surface area contributed by atoms with Crippen LogP contribution in [0.25, 0.3) is 0 Å². The molecule has 6 heteroatoms. The fourth-order valence-corrected chi connectivity index (χ4v) is 3.40. The van der Waals surface area contributed by atoms with Gasteiger partial charge in [-0.15, -0.1) is 0 Å². The highest BCUT2D eigenvalue weighted by molar-refractivity contribution is 7.92. The number of sulfonamides is 1. The second-order valence-electron chi connectivity index (χ2n) is 6.69. The van der Waals surface area contributed by atoms with E-state index in [1.807, 2.05) is 26.0 Å². The van der Waals surface area contributed by atoms with E-state index in [0.717, 1.165) is 12.0 Å². The number of amides is 1.